The minimum absolute atomic E-state index is 0.0549. The summed E-state index contributed by atoms with van der Waals surface area (Å²) in [6.45, 7) is 4.06. The monoisotopic (exact) mass is 268 g/mol. The number of aliphatic hydroxyl groups is 1. The second-order valence-electron chi connectivity index (χ2n) is 4.60. The number of anilines is 1. The van der Waals surface area contributed by atoms with Crippen molar-refractivity contribution in [1.29, 1.82) is 0 Å². The molecule has 106 valence electrons. The van der Waals surface area contributed by atoms with Crippen LogP contribution in [0.3, 0.4) is 0 Å². The highest BCUT2D eigenvalue weighted by atomic mass is 19.1. The number of nitrogens with zero attached hydrogens (tertiary/aromatic N) is 1. The molecule has 0 heterocycles. The van der Waals surface area contributed by atoms with Gasteiger partial charge in [0.05, 0.1) is 18.3 Å². The third-order valence-corrected chi connectivity index (χ3v) is 2.91. The van der Waals surface area contributed by atoms with E-state index in [-0.39, 0.29) is 12.2 Å². The van der Waals surface area contributed by atoms with Crippen LogP contribution in [0, 0.1) is 5.82 Å². The number of carbonyl (C=O) groups excluding carboxylic acids is 1. The third-order valence-electron chi connectivity index (χ3n) is 2.91. The minimum atomic E-state index is -0.803. The molecule has 0 fully saturated rings. The largest absolute Gasteiger partial charge is 0.389 e. The van der Waals surface area contributed by atoms with Gasteiger partial charge in [-0.2, -0.15) is 0 Å². The first-order chi connectivity index (χ1) is 8.97. The van der Waals surface area contributed by atoms with E-state index in [1.165, 1.54) is 6.07 Å². The second kappa shape index (κ2) is 7.09. The number of aliphatic hydroxyl groups excluding tert-OH is 1. The Labute approximate surface area is 113 Å². The summed E-state index contributed by atoms with van der Waals surface area (Å²) in [4.78, 5) is 12.7. The van der Waals surface area contributed by atoms with E-state index in [4.69, 9.17) is 5.73 Å². The van der Waals surface area contributed by atoms with E-state index in [1.807, 2.05) is 6.92 Å². The van der Waals surface area contributed by atoms with Crippen molar-refractivity contribution in [2.45, 2.75) is 32.8 Å². The summed E-state index contributed by atoms with van der Waals surface area (Å²) in [5.74, 6) is -0.966. The molecule has 0 aliphatic heterocycles. The van der Waals surface area contributed by atoms with Crippen LogP contribution in [0.2, 0.25) is 0 Å². The zero-order valence-corrected chi connectivity index (χ0v) is 11.4. The molecule has 0 aliphatic rings. The van der Waals surface area contributed by atoms with Crippen molar-refractivity contribution >= 4 is 11.6 Å². The van der Waals surface area contributed by atoms with Crippen LogP contribution in [0.5, 0.6) is 0 Å². The van der Waals surface area contributed by atoms with E-state index in [9.17, 15) is 14.3 Å². The first kappa shape index (κ1) is 15.4. The predicted octanol–water partition coefficient (Wildman–Crippen LogP) is 1.97. The standard InChI is InChI=1S/C14H21FN2O2/c1-3-4-8-17(9-13(16)19)14-11(10(2)18)6-5-7-12(14)15/h5-7,10,18H,3-4,8-9H2,1-2H3,(H2,16,19)/t10-/m0/s1. The highest BCUT2D eigenvalue weighted by molar-refractivity contribution is 5.80. The number of carbonyl (C=O) groups is 1. The van der Waals surface area contributed by atoms with Gasteiger partial charge in [-0.3, -0.25) is 4.79 Å². The fraction of sp³-hybridized carbons (Fsp3) is 0.500. The Balaban J connectivity index is 3.15. The van der Waals surface area contributed by atoms with Crippen molar-refractivity contribution in [3.63, 3.8) is 0 Å². The number of primary amides is 1. The first-order valence-corrected chi connectivity index (χ1v) is 6.47. The number of hydrogen-bond acceptors (Lipinski definition) is 3. The number of nitrogens with two attached hydrogens (primary N) is 1. The van der Waals surface area contributed by atoms with Crippen LogP contribution in [0.25, 0.3) is 0 Å². The Morgan fingerprint density at radius 3 is 2.74 bits per heavy atom. The maximum absolute atomic E-state index is 14.0. The summed E-state index contributed by atoms with van der Waals surface area (Å²) in [5.41, 5.74) is 5.95. The van der Waals surface area contributed by atoms with Gasteiger partial charge in [0.15, 0.2) is 0 Å². The molecule has 0 radical (unpaired) electrons. The number of rotatable bonds is 7. The summed E-state index contributed by atoms with van der Waals surface area (Å²) in [6, 6.07) is 4.52. The number of hydrogen-bond donors (Lipinski definition) is 2. The van der Waals surface area contributed by atoms with E-state index >= 15 is 0 Å². The molecule has 1 atom stereocenters. The van der Waals surface area contributed by atoms with Gasteiger partial charge < -0.3 is 15.7 Å². The molecular weight excluding hydrogens is 247 g/mol. The fourth-order valence-corrected chi connectivity index (χ4v) is 2.01. The van der Waals surface area contributed by atoms with E-state index in [1.54, 1.807) is 24.0 Å². The molecule has 3 N–H and O–H groups in total. The van der Waals surface area contributed by atoms with Gasteiger partial charge in [-0.15, -0.1) is 0 Å². The molecule has 0 saturated carbocycles. The van der Waals surface area contributed by atoms with E-state index in [0.29, 0.717) is 12.1 Å². The average Bonchev–Trinajstić information content (AvgIpc) is 2.33. The van der Waals surface area contributed by atoms with Gasteiger partial charge in [0.2, 0.25) is 5.91 Å². The molecule has 1 aromatic rings. The van der Waals surface area contributed by atoms with Crippen LogP contribution < -0.4 is 10.6 Å². The highest BCUT2D eigenvalue weighted by Gasteiger charge is 2.19. The minimum Gasteiger partial charge on any atom is -0.389 e. The third kappa shape index (κ3) is 4.21. The van der Waals surface area contributed by atoms with Gasteiger partial charge in [0.25, 0.3) is 0 Å². The van der Waals surface area contributed by atoms with Gasteiger partial charge in [-0.1, -0.05) is 25.5 Å². The van der Waals surface area contributed by atoms with Crippen molar-refractivity contribution < 1.29 is 14.3 Å². The van der Waals surface area contributed by atoms with E-state index < -0.39 is 17.8 Å². The normalized spacial score (nSPS) is 12.2. The molecule has 0 aliphatic carbocycles. The molecule has 0 aromatic heterocycles. The first-order valence-electron chi connectivity index (χ1n) is 6.47. The van der Waals surface area contributed by atoms with Crippen molar-refractivity contribution in [2.24, 2.45) is 5.73 Å². The van der Waals surface area contributed by atoms with Crippen molar-refractivity contribution in [2.75, 3.05) is 18.0 Å². The SMILES string of the molecule is CCCCN(CC(N)=O)c1c(F)cccc1[C@H](C)O. The molecular formula is C14H21FN2O2. The molecule has 1 amide bonds. The van der Waals surface area contributed by atoms with Crippen molar-refractivity contribution in [3.8, 4) is 0 Å². The van der Waals surface area contributed by atoms with Crippen LogP contribution in [0.1, 0.15) is 38.4 Å². The zero-order chi connectivity index (χ0) is 14.4. The van der Waals surface area contributed by atoms with Crippen LogP contribution in [0.4, 0.5) is 10.1 Å². The Bertz CT molecular complexity index is 435. The second-order valence-corrected chi connectivity index (χ2v) is 4.60. The van der Waals surface area contributed by atoms with Crippen LogP contribution >= 0.6 is 0 Å². The highest BCUT2D eigenvalue weighted by Crippen LogP contribution is 2.29. The Morgan fingerprint density at radius 2 is 2.21 bits per heavy atom. The lowest BCUT2D eigenvalue weighted by Gasteiger charge is -2.27. The number of unbranched alkanes of at least 4 members (excludes halogenated alkanes) is 1. The molecule has 0 unspecified atom stereocenters. The number of benzene rings is 1. The maximum Gasteiger partial charge on any atom is 0.236 e. The quantitative estimate of drug-likeness (QED) is 0.794. The molecule has 1 rings (SSSR count). The summed E-state index contributed by atoms with van der Waals surface area (Å²) in [5, 5.41) is 9.73. The van der Waals surface area contributed by atoms with E-state index in [2.05, 4.69) is 0 Å². The number of amides is 1. The molecule has 0 bridgehead atoms. The summed E-state index contributed by atoms with van der Waals surface area (Å²) in [7, 11) is 0. The van der Waals surface area contributed by atoms with Gasteiger partial charge in [0, 0.05) is 12.1 Å². The Hall–Kier alpha value is -1.62. The molecule has 4 nitrogen and oxygen atoms in total. The number of para-hydroxylation sites is 1. The number of halogens is 1. The Morgan fingerprint density at radius 1 is 1.53 bits per heavy atom. The molecule has 0 saturated heterocycles. The lowest BCUT2D eigenvalue weighted by atomic mass is 10.1. The molecule has 1 aromatic carbocycles. The smallest absolute Gasteiger partial charge is 0.236 e. The van der Waals surface area contributed by atoms with Gasteiger partial charge in [0.1, 0.15) is 5.82 Å². The van der Waals surface area contributed by atoms with Gasteiger partial charge in [-0.25, -0.2) is 4.39 Å². The zero-order valence-electron chi connectivity index (χ0n) is 11.4. The molecule has 19 heavy (non-hydrogen) atoms. The molecule has 5 heteroatoms. The molecule has 0 spiro atoms. The van der Waals surface area contributed by atoms with Gasteiger partial charge >= 0.3 is 0 Å². The summed E-state index contributed by atoms with van der Waals surface area (Å²) >= 11 is 0. The van der Waals surface area contributed by atoms with Crippen LogP contribution in [-0.2, 0) is 4.79 Å². The summed E-state index contributed by atoms with van der Waals surface area (Å²) < 4.78 is 14.0. The van der Waals surface area contributed by atoms with E-state index in [0.717, 1.165) is 12.8 Å². The lowest BCUT2D eigenvalue weighted by Crippen LogP contribution is -2.35. The average molecular weight is 268 g/mol. The van der Waals surface area contributed by atoms with Gasteiger partial charge in [-0.05, 0) is 19.4 Å². The topological polar surface area (TPSA) is 66.6 Å². The Kier molecular flexibility index (Phi) is 5.76. The summed E-state index contributed by atoms with van der Waals surface area (Å²) in [6.07, 6.45) is 0.942. The fourth-order valence-electron chi connectivity index (χ4n) is 2.01. The van der Waals surface area contributed by atoms with Crippen LogP contribution in [0.15, 0.2) is 18.2 Å². The van der Waals surface area contributed by atoms with Crippen molar-refractivity contribution in [1.82, 2.24) is 0 Å². The lowest BCUT2D eigenvalue weighted by molar-refractivity contribution is -0.116. The maximum atomic E-state index is 14.0. The van der Waals surface area contributed by atoms with Crippen molar-refractivity contribution in [3.05, 3.63) is 29.6 Å². The predicted molar refractivity (Wildman–Crippen MR) is 73.3 cm³/mol. The van der Waals surface area contributed by atoms with Crippen LogP contribution in [-0.4, -0.2) is 24.1 Å².